The van der Waals surface area contributed by atoms with Crippen molar-refractivity contribution < 1.29 is 4.79 Å². The third-order valence-corrected chi connectivity index (χ3v) is 3.63. The molecule has 0 radical (unpaired) electrons. The molecule has 2 heterocycles. The maximum atomic E-state index is 11.4. The van der Waals surface area contributed by atoms with Gasteiger partial charge < -0.3 is 5.32 Å². The summed E-state index contributed by atoms with van der Waals surface area (Å²) in [6.07, 6.45) is 1.55. The van der Waals surface area contributed by atoms with Gasteiger partial charge in [-0.2, -0.15) is 0 Å². The van der Waals surface area contributed by atoms with E-state index in [2.05, 4.69) is 42.2 Å². The zero-order valence-electron chi connectivity index (χ0n) is 6.14. The van der Waals surface area contributed by atoms with Crippen LogP contribution in [0.3, 0.4) is 0 Å². The lowest BCUT2D eigenvalue weighted by atomic mass is 10.2. The molecule has 2 rings (SSSR count). The number of alkyl halides is 2. The van der Waals surface area contributed by atoms with Gasteiger partial charge >= 0.3 is 0 Å². The molecule has 1 aliphatic rings. The SMILES string of the molecule is O=C1Nc2c(ccnc2Cl)C1(Br)Br. The van der Waals surface area contributed by atoms with Crippen LogP contribution in [0.5, 0.6) is 0 Å². The molecular formula is C7H3Br2ClN2O. The van der Waals surface area contributed by atoms with Crippen LogP contribution in [0.15, 0.2) is 12.3 Å². The van der Waals surface area contributed by atoms with Crippen molar-refractivity contribution >= 4 is 55.1 Å². The molecule has 0 unspecified atom stereocenters. The van der Waals surface area contributed by atoms with Gasteiger partial charge in [0.05, 0.1) is 5.69 Å². The summed E-state index contributed by atoms with van der Waals surface area (Å²) in [6, 6.07) is 1.72. The lowest BCUT2D eigenvalue weighted by Crippen LogP contribution is -2.20. The fourth-order valence-electron chi connectivity index (χ4n) is 1.13. The Morgan fingerprint density at radius 1 is 1.54 bits per heavy atom. The zero-order chi connectivity index (χ0) is 9.64. The Bertz CT molecular complexity index is 394. The monoisotopic (exact) mass is 324 g/mol. The Balaban J connectivity index is 2.68. The van der Waals surface area contributed by atoms with Crippen molar-refractivity contribution in [3.63, 3.8) is 0 Å². The summed E-state index contributed by atoms with van der Waals surface area (Å²) in [5, 5.41) is 2.93. The maximum Gasteiger partial charge on any atom is 0.256 e. The minimum absolute atomic E-state index is 0.197. The molecule has 13 heavy (non-hydrogen) atoms. The normalized spacial score (nSPS) is 18.2. The van der Waals surface area contributed by atoms with Crippen molar-refractivity contribution in [3.05, 3.63) is 23.0 Å². The van der Waals surface area contributed by atoms with Crippen LogP contribution in [0.2, 0.25) is 5.15 Å². The molecule has 0 aromatic carbocycles. The lowest BCUT2D eigenvalue weighted by Gasteiger charge is -2.09. The molecule has 3 nitrogen and oxygen atoms in total. The molecule has 0 aliphatic carbocycles. The number of nitrogens with zero attached hydrogens (tertiary/aromatic N) is 1. The number of fused-ring (bicyclic) bond motifs is 1. The molecule has 1 aliphatic heterocycles. The van der Waals surface area contributed by atoms with E-state index in [1.165, 1.54) is 0 Å². The van der Waals surface area contributed by atoms with E-state index in [4.69, 9.17) is 11.6 Å². The number of aromatic nitrogens is 1. The average Bonchev–Trinajstić information content (AvgIpc) is 2.28. The van der Waals surface area contributed by atoms with E-state index in [0.29, 0.717) is 10.8 Å². The van der Waals surface area contributed by atoms with Gasteiger partial charge in [-0.05, 0) is 6.07 Å². The molecule has 0 saturated heterocycles. The smallest absolute Gasteiger partial charge is 0.256 e. The zero-order valence-corrected chi connectivity index (χ0v) is 10.1. The second-order valence-electron chi connectivity index (χ2n) is 2.55. The van der Waals surface area contributed by atoms with Gasteiger partial charge in [0.25, 0.3) is 5.91 Å². The number of carbonyl (C=O) groups excluding carboxylic acids is 1. The summed E-state index contributed by atoms with van der Waals surface area (Å²) in [4.78, 5) is 15.3. The first kappa shape index (κ1) is 9.43. The van der Waals surface area contributed by atoms with Gasteiger partial charge in [0.2, 0.25) is 0 Å². The first-order valence-electron chi connectivity index (χ1n) is 3.37. The minimum atomic E-state index is -0.873. The molecule has 6 heteroatoms. The second-order valence-corrected chi connectivity index (χ2v) is 6.35. The van der Waals surface area contributed by atoms with Crippen LogP contribution in [-0.2, 0) is 8.03 Å². The number of amides is 1. The van der Waals surface area contributed by atoms with E-state index in [1.807, 2.05) is 0 Å². The summed E-state index contributed by atoms with van der Waals surface area (Å²) < 4.78 is -0.873. The van der Waals surface area contributed by atoms with Gasteiger partial charge in [-0.15, -0.1) is 0 Å². The van der Waals surface area contributed by atoms with Crippen LogP contribution >= 0.6 is 43.5 Å². The van der Waals surface area contributed by atoms with Crippen molar-refractivity contribution in [1.29, 1.82) is 0 Å². The van der Waals surface area contributed by atoms with Gasteiger partial charge in [-0.1, -0.05) is 43.5 Å². The van der Waals surface area contributed by atoms with Crippen LogP contribution in [0.4, 0.5) is 5.69 Å². The quantitative estimate of drug-likeness (QED) is 0.588. The number of rotatable bonds is 0. The highest BCUT2D eigenvalue weighted by molar-refractivity contribution is 9.25. The second kappa shape index (κ2) is 2.93. The molecule has 0 atom stereocenters. The Kier molecular flexibility index (Phi) is 2.13. The molecule has 1 amide bonds. The van der Waals surface area contributed by atoms with E-state index in [-0.39, 0.29) is 5.91 Å². The third-order valence-electron chi connectivity index (χ3n) is 1.77. The summed E-state index contributed by atoms with van der Waals surface area (Å²) in [7, 11) is 0. The summed E-state index contributed by atoms with van der Waals surface area (Å²) in [5.41, 5.74) is 1.31. The number of pyridine rings is 1. The van der Waals surface area contributed by atoms with Crippen molar-refractivity contribution in [2.24, 2.45) is 0 Å². The highest BCUT2D eigenvalue weighted by Crippen LogP contribution is 2.48. The molecule has 1 aromatic heterocycles. The van der Waals surface area contributed by atoms with E-state index < -0.39 is 3.23 Å². The van der Waals surface area contributed by atoms with Gasteiger partial charge in [0, 0.05) is 11.8 Å². The van der Waals surface area contributed by atoms with Crippen molar-refractivity contribution in [3.8, 4) is 0 Å². The van der Waals surface area contributed by atoms with Gasteiger partial charge in [-0.25, -0.2) is 4.98 Å². The Labute approximate surface area is 96.1 Å². The number of hydrogen-bond acceptors (Lipinski definition) is 2. The van der Waals surface area contributed by atoms with Crippen molar-refractivity contribution in [2.45, 2.75) is 3.23 Å². The molecule has 1 N–H and O–H groups in total. The maximum absolute atomic E-state index is 11.4. The predicted octanol–water partition coefficient (Wildman–Crippen LogP) is 2.63. The summed E-state index contributed by atoms with van der Waals surface area (Å²) in [5.74, 6) is -0.197. The Hall–Kier alpha value is -0.130. The summed E-state index contributed by atoms with van der Waals surface area (Å²) >= 11 is 12.3. The van der Waals surface area contributed by atoms with E-state index >= 15 is 0 Å². The highest BCUT2D eigenvalue weighted by atomic mass is 79.9. The molecule has 0 spiro atoms. The minimum Gasteiger partial charge on any atom is -0.321 e. The van der Waals surface area contributed by atoms with E-state index in [1.54, 1.807) is 12.3 Å². The number of carbonyl (C=O) groups is 1. The van der Waals surface area contributed by atoms with Crippen LogP contribution in [0.25, 0.3) is 0 Å². The molecule has 0 saturated carbocycles. The fourth-order valence-corrected chi connectivity index (χ4v) is 2.20. The highest BCUT2D eigenvalue weighted by Gasteiger charge is 2.43. The molecule has 68 valence electrons. The third kappa shape index (κ3) is 1.30. The standard InChI is InChI=1S/C7H3Br2ClN2O/c8-7(9)3-1-2-11-5(10)4(3)12-6(7)13/h1-2H,(H,12,13). The Morgan fingerprint density at radius 3 is 2.85 bits per heavy atom. The van der Waals surface area contributed by atoms with Gasteiger partial charge in [0.1, 0.15) is 0 Å². The molecule has 1 aromatic rings. The number of anilines is 1. The van der Waals surface area contributed by atoms with Crippen molar-refractivity contribution in [1.82, 2.24) is 4.98 Å². The molecular weight excluding hydrogens is 323 g/mol. The van der Waals surface area contributed by atoms with E-state index in [0.717, 1.165) is 5.56 Å². The van der Waals surface area contributed by atoms with Crippen LogP contribution < -0.4 is 5.32 Å². The number of halogens is 3. The average molecular weight is 326 g/mol. The first-order valence-corrected chi connectivity index (χ1v) is 5.34. The van der Waals surface area contributed by atoms with Crippen molar-refractivity contribution in [2.75, 3.05) is 5.32 Å². The van der Waals surface area contributed by atoms with Gasteiger partial charge in [-0.3, -0.25) is 4.79 Å². The summed E-state index contributed by atoms with van der Waals surface area (Å²) in [6.45, 7) is 0. The number of nitrogens with one attached hydrogen (secondary N) is 1. The van der Waals surface area contributed by atoms with E-state index in [9.17, 15) is 4.79 Å². The van der Waals surface area contributed by atoms with Crippen LogP contribution in [-0.4, -0.2) is 10.9 Å². The predicted molar refractivity (Wildman–Crippen MR) is 57.4 cm³/mol. The topological polar surface area (TPSA) is 42.0 Å². The van der Waals surface area contributed by atoms with Gasteiger partial charge in [0.15, 0.2) is 8.39 Å². The lowest BCUT2D eigenvalue weighted by molar-refractivity contribution is -0.115. The molecule has 0 bridgehead atoms. The largest absolute Gasteiger partial charge is 0.321 e. The fraction of sp³-hybridized carbons (Fsp3) is 0.143. The molecule has 0 fully saturated rings. The first-order chi connectivity index (χ1) is 6.03. The van der Waals surface area contributed by atoms with Crippen LogP contribution in [0, 0.1) is 0 Å². The Morgan fingerprint density at radius 2 is 2.23 bits per heavy atom. The number of hydrogen-bond donors (Lipinski definition) is 1. The van der Waals surface area contributed by atoms with Crippen LogP contribution in [0.1, 0.15) is 5.56 Å².